The molecular formula is C13H14F2N2O4. The Morgan fingerprint density at radius 2 is 2.19 bits per heavy atom. The molecular weight excluding hydrogens is 286 g/mol. The number of carbonyl (C=O) groups excluding carboxylic acids is 1. The van der Waals surface area contributed by atoms with E-state index in [1.807, 2.05) is 0 Å². The van der Waals surface area contributed by atoms with E-state index < -0.39 is 36.2 Å². The number of carboxylic acid groups (broad SMARTS) is 1. The first kappa shape index (κ1) is 15.2. The number of nitrogens with zero attached hydrogens (tertiary/aromatic N) is 1. The normalized spacial score (nSPS) is 18.4. The summed E-state index contributed by atoms with van der Waals surface area (Å²) in [6, 6.07) is 1.75. The molecule has 1 aromatic rings. The van der Waals surface area contributed by atoms with Crippen molar-refractivity contribution in [3.05, 3.63) is 29.8 Å². The summed E-state index contributed by atoms with van der Waals surface area (Å²) in [7, 11) is 0. The highest BCUT2D eigenvalue weighted by atomic mass is 19.1. The van der Waals surface area contributed by atoms with Crippen LogP contribution in [0.4, 0.5) is 8.78 Å². The van der Waals surface area contributed by atoms with Gasteiger partial charge in [0.05, 0.1) is 0 Å². The lowest BCUT2D eigenvalue weighted by atomic mass is 10.2. The van der Waals surface area contributed by atoms with Crippen molar-refractivity contribution in [1.82, 2.24) is 10.2 Å². The SMILES string of the molecule is O=C(O)C1CNCCN1C(=O)COc1ccc(F)cc1F. The van der Waals surface area contributed by atoms with Crippen LogP contribution in [-0.4, -0.2) is 54.2 Å². The molecule has 1 aromatic carbocycles. The van der Waals surface area contributed by atoms with Gasteiger partial charge in [0.2, 0.25) is 0 Å². The quantitative estimate of drug-likeness (QED) is 0.832. The zero-order valence-electron chi connectivity index (χ0n) is 11.0. The molecule has 8 heteroatoms. The Kier molecular flexibility index (Phi) is 4.69. The summed E-state index contributed by atoms with van der Waals surface area (Å²) in [4.78, 5) is 24.2. The Balaban J connectivity index is 1.98. The number of aliphatic carboxylic acids is 1. The summed E-state index contributed by atoms with van der Waals surface area (Å²) in [6.45, 7) is 0.337. The Morgan fingerprint density at radius 3 is 2.86 bits per heavy atom. The highest BCUT2D eigenvalue weighted by Gasteiger charge is 2.32. The molecule has 6 nitrogen and oxygen atoms in total. The summed E-state index contributed by atoms with van der Waals surface area (Å²) in [5, 5.41) is 11.9. The molecule has 0 aromatic heterocycles. The van der Waals surface area contributed by atoms with E-state index >= 15 is 0 Å². The van der Waals surface area contributed by atoms with E-state index in [0.717, 1.165) is 12.1 Å². The standard InChI is InChI=1S/C13H14F2N2O4/c14-8-1-2-11(9(15)5-8)21-7-12(18)17-4-3-16-6-10(17)13(19)20/h1-2,5,10,16H,3-4,6-7H2,(H,19,20). The van der Waals surface area contributed by atoms with E-state index in [0.29, 0.717) is 12.6 Å². The molecule has 2 rings (SSSR count). The van der Waals surface area contributed by atoms with Crippen LogP contribution in [0.1, 0.15) is 0 Å². The molecule has 0 bridgehead atoms. The van der Waals surface area contributed by atoms with E-state index in [2.05, 4.69) is 5.32 Å². The first-order valence-corrected chi connectivity index (χ1v) is 6.30. The lowest BCUT2D eigenvalue weighted by Gasteiger charge is -2.33. The zero-order chi connectivity index (χ0) is 15.4. The van der Waals surface area contributed by atoms with Crippen molar-refractivity contribution in [2.75, 3.05) is 26.2 Å². The van der Waals surface area contributed by atoms with E-state index in [1.165, 1.54) is 4.90 Å². The molecule has 1 heterocycles. The molecule has 0 saturated carbocycles. The fourth-order valence-electron chi connectivity index (χ4n) is 2.04. The van der Waals surface area contributed by atoms with Gasteiger partial charge >= 0.3 is 5.97 Å². The Hall–Kier alpha value is -2.22. The molecule has 1 unspecified atom stereocenters. The summed E-state index contributed by atoms with van der Waals surface area (Å²) in [5.74, 6) is -3.61. The number of benzene rings is 1. The van der Waals surface area contributed by atoms with Crippen LogP contribution in [0.2, 0.25) is 0 Å². The Morgan fingerprint density at radius 1 is 1.43 bits per heavy atom. The molecule has 1 amide bonds. The second-order valence-electron chi connectivity index (χ2n) is 4.51. The van der Waals surface area contributed by atoms with Crippen LogP contribution in [0.25, 0.3) is 0 Å². The largest absolute Gasteiger partial charge is 0.481 e. The minimum Gasteiger partial charge on any atom is -0.481 e. The number of piperazine rings is 1. The topological polar surface area (TPSA) is 78.9 Å². The molecule has 114 valence electrons. The first-order valence-electron chi connectivity index (χ1n) is 6.30. The second kappa shape index (κ2) is 6.49. The van der Waals surface area contributed by atoms with Gasteiger partial charge in [0.25, 0.3) is 5.91 Å². The minimum absolute atomic E-state index is 0.145. The van der Waals surface area contributed by atoms with E-state index in [4.69, 9.17) is 9.84 Å². The Labute approximate surface area is 119 Å². The van der Waals surface area contributed by atoms with Crippen molar-refractivity contribution >= 4 is 11.9 Å². The van der Waals surface area contributed by atoms with Gasteiger partial charge in [0, 0.05) is 25.7 Å². The number of hydrogen-bond acceptors (Lipinski definition) is 4. The van der Waals surface area contributed by atoms with Crippen molar-refractivity contribution in [2.45, 2.75) is 6.04 Å². The third-order valence-electron chi connectivity index (χ3n) is 3.09. The van der Waals surface area contributed by atoms with Gasteiger partial charge in [-0.1, -0.05) is 0 Å². The molecule has 21 heavy (non-hydrogen) atoms. The lowest BCUT2D eigenvalue weighted by Crippen LogP contribution is -2.57. The van der Waals surface area contributed by atoms with Gasteiger partial charge in [-0.2, -0.15) is 0 Å². The molecule has 1 atom stereocenters. The molecule has 1 aliphatic rings. The summed E-state index contributed by atoms with van der Waals surface area (Å²) in [5.41, 5.74) is 0. The third-order valence-corrected chi connectivity index (χ3v) is 3.09. The number of carbonyl (C=O) groups is 2. The predicted molar refractivity (Wildman–Crippen MR) is 67.9 cm³/mol. The van der Waals surface area contributed by atoms with Crippen LogP contribution in [0.5, 0.6) is 5.75 Å². The molecule has 1 saturated heterocycles. The van der Waals surface area contributed by atoms with Crippen LogP contribution in [0.3, 0.4) is 0 Å². The number of halogens is 2. The van der Waals surface area contributed by atoms with Gasteiger partial charge in [-0.3, -0.25) is 4.79 Å². The minimum atomic E-state index is -1.12. The van der Waals surface area contributed by atoms with Gasteiger partial charge < -0.3 is 20.1 Å². The number of rotatable bonds is 4. The molecule has 0 aliphatic carbocycles. The molecule has 1 aliphatic heterocycles. The first-order chi connectivity index (χ1) is 9.99. The maximum Gasteiger partial charge on any atom is 0.327 e. The fourth-order valence-corrected chi connectivity index (χ4v) is 2.04. The van der Waals surface area contributed by atoms with Gasteiger partial charge in [0.1, 0.15) is 11.9 Å². The highest BCUT2D eigenvalue weighted by molar-refractivity contribution is 5.85. The van der Waals surface area contributed by atoms with Gasteiger partial charge in [-0.05, 0) is 12.1 Å². The van der Waals surface area contributed by atoms with Crippen molar-refractivity contribution < 1.29 is 28.2 Å². The van der Waals surface area contributed by atoms with Gasteiger partial charge in [-0.25, -0.2) is 13.6 Å². The van der Waals surface area contributed by atoms with Crippen molar-refractivity contribution in [3.8, 4) is 5.75 Å². The lowest BCUT2D eigenvalue weighted by molar-refractivity contribution is -0.152. The smallest absolute Gasteiger partial charge is 0.327 e. The molecule has 0 radical (unpaired) electrons. The van der Waals surface area contributed by atoms with Crippen molar-refractivity contribution in [2.24, 2.45) is 0 Å². The van der Waals surface area contributed by atoms with Gasteiger partial charge in [-0.15, -0.1) is 0 Å². The van der Waals surface area contributed by atoms with E-state index in [-0.39, 0.29) is 18.8 Å². The number of hydrogen-bond donors (Lipinski definition) is 2. The zero-order valence-corrected chi connectivity index (χ0v) is 11.0. The predicted octanol–water partition coefficient (Wildman–Crippen LogP) is 0.229. The molecule has 0 spiro atoms. The monoisotopic (exact) mass is 300 g/mol. The van der Waals surface area contributed by atoms with Crippen molar-refractivity contribution in [3.63, 3.8) is 0 Å². The summed E-state index contributed by atoms with van der Waals surface area (Å²) >= 11 is 0. The average molecular weight is 300 g/mol. The van der Waals surface area contributed by atoms with Crippen LogP contribution in [0.15, 0.2) is 18.2 Å². The number of nitrogens with one attached hydrogen (secondary N) is 1. The van der Waals surface area contributed by atoms with E-state index in [1.54, 1.807) is 0 Å². The Bertz CT molecular complexity index is 553. The van der Waals surface area contributed by atoms with Crippen LogP contribution in [-0.2, 0) is 9.59 Å². The number of ether oxygens (including phenoxy) is 1. The maximum absolute atomic E-state index is 13.4. The summed E-state index contributed by atoms with van der Waals surface area (Å²) < 4.78 is 31.1. The number of amides is 1. The maximum atomic E-state index is 13.4. The van der Waals surface area contributed by atoms with Crippen LogP contribution in [0, 0.1) is 11.6 Å². The fraction of sp³-hybridized carbons (Fsp3) is 0.385. The number of carboxylic acids is 1. The van der Waals surface area contributed by atoms with Crippen molar-refractivity contribution in [1.29, 1.82) is 0 Å². The second-order valence-corrected chi connectivity index (χ2v) is 4.51. The molecule has 1 fully saturated rings. The van der Waals surface area contributed by atoms with E-state index in [9.17, 15) is 18.4 Å². The summed E-state index contributed by atoms with van der Waals surface area (Å²) in [6.07, 6.45) is 0. The van der Waals surface area contributed by atoms with Crippen LogP contribution >= 0.6 is 0 Å². The molecule has 2 N–H and O–H groups in total. The van der Waals surface area contributed by atoms with Gasteiger partial charge in [0.15, 0.2) is 18.2 Å². The third kappa shape index (κ3) is 3.66. The van der Waals surface area contributed by atoms with Crippen LogP contribution < -0.4 is 10.1 Å². The highest BCUT2D eigenvalue weighted by Crippen LogP contribution is 2.17. The average Bonchev–Trinajstić information content (AvgIpc) is 2.46.